The lowest BCUT2D eigenvalue weighted by atomic mass is 9.47. The molecule has 4 aliphatic rings. The van der Waals surface area contributed by atoms with E-state index in [2.05, 4.69) is 20.8 Å². The average Bonchev–Trinajstić information content (AvgIpc) is 2.85. The average molecular weight is 331 g/mol. The highest BCUT2D eigenvalue weighted by atomic mass is 32.1. The second-order valence-electron chi connectivity index (χ2n) is 9.25. The van der Waals surface area contributed by atoms with E-state index >= 15 is 0 Å². The Bertz CT molecular complexity index is 591. The Kier molecular flexibility index (Phi) is 3.65. The van der Waals surface area contributed by atoms with Crippen LogP contribution in [-0.2, 0) is 4.79 Å². The van der Waals surface area contributed by atoms with Gasteiger partial charge < -0.3 is 0 Å². The van der Waals surface area contributed by atoms with Crippen LogP contribution in [0.25, 0.3) is 0 Å². The third-order valence-corrected chi connectivity index (χ3v) is 8.74. The molecule has 4 aliphatic carbocycles. The van der Waals surface area contributed by atoms with Gasteiger partial charge in [0.25, 0.3) is 0 Å². The van der Waals surface area contributed by atoms with Crippen molar-refractivity contribution in [1.82, 2.24) is 0 Å². The lowest BCUT2D eigenvalue weighted by Gasteiger charge is -2.58. The zero-order chi connectivity index (χ0) is 16.4. The van der Waals surface area contributed by atoms with Crippen LogP contribution in [0.5, 0.6) is 0 Å². The summed E-state index contributed by atoms with van der Waals surface area (Å²) in [5, 5.41) is 0. The number of fused-ring (bicyclic) bond motifs is 5. The van der Waals surface area contributed by atoms with Gasteiger partial charge >= 0.3 is 0 Å². The summed E-state index contributed by atoms with van der Waals surface area (Å²) in [6, 6.07) is 0. The molecule has 0 radical (unpaired) electrons. The molecular formula is C21H30OS. The fourth-order valence-electron chi connectivity index (χ4n) is 7.23. The molecule has 0 amide bonds. The standard InChI is InChI=1S/C21H30OS/c1-13(23)17-6-7-18-16-5-4-14-12-15(22)8-10-20(14,2)19(16)9-11-21(17,18)3/h12,16-19H,4-11H2,1-3H3/t16-,17+,18-,19-,20-,21+/m0/s1. The minimum absolute atomic E-state index is 0.308. The van der Waals surface area contributed by atoms with E-state index in [1.165, 1.54) is 42.5 Å². The van der Waals surface area contributed by atoms with Crippen molar-refractivity contribution >= 4 is 22.9 Å². The molecule has 0 aromatic heterocycles. The summed E-state index contributed by atoms with van der Waals surface area (Å²) in [5.41, 5.74) is 2.25. The van der Waals surface area contributed by atoms with E-state index in [1.54, 1.807) is 0 Å². The van der Waals surface area contributed by atoms with Crippen LogP contribution >= 0.6 is 12.2 Å². The van der Waals surface area contributed by atoms with Gasteiger partial charge in [-0.2, -0.15) is 0 Å². The largest absolute Gasteiger partial charge is 0.295 e. The summed E-state index contributed by atoms with van der Waals surface area (Å²) in [7, 11) is 0. The Hall–Kier alpha value is -0.500. The topological polar surface area (TPSA) is 17.1 Å². The third kappa shape index (κ3) is 2.16. The molecule has 6 atom stereocenters. The first-order valence-electron chi connectivity index (χ1n) is 9.60. The van der Waals surface area contributed by atoms with Crippen molar-refractivity contribution in [1.29, 1.82) is 0 Å². The van der Waals surface area contributed by atoms with Gasteiger partial charge in [-0.15, -0.1) is 0 Å². The van der Waals surface area contributed by atoms with Gasteiger partial charge in [-0.25, -0.2) is 0 Å². The van der Waals surface area contributed by atoms with E-state index < -0.39 is 0 Å². The molecule has 1 nitrogen and oxygen atoms in total. The zero-order valence-electron chi connectivity index (χ0n) is 14.9. The highest BCUT2D eigenvalue weighted by Gasteiger charge is 2.59. The SMILES string of the molecule is CC(=S)[C@H]1CC[C@H]2[C@@H]3CCC4=CC(=O)CC[C@]4(C)[C@H]3CC[C@]12C. The lowest BCUT2D eigenvalue weighted by Crippen LogP contribution is -2.50. The van der Waals surface area contributed by atoms with Gasteiger partial charge in [-0.1, -0.05) is 31.6 Å². The van der Waals surface area contributed by atoms with Crippen LogP contribution in [-0.4, -0.2) is 10.6 Å². The smallest absolute Gasteiger partial charge is 0.155 e. The van der Waals surface area contributed by atoms with Gasteiger partial charge in [0.15, 0.2) is 5.78 Å². The molecular weight excluding hydrogens is 300 g/mol. The first kappa shape index (κ1) is 16.0. The molecule has 0 aromatic rings. The number of hydrogen-bond acceptors (Lipinski definition) is 2. The molecule has 3 fully saturated rings. The maximum atomic E-state index is 11.9. The number of rotatable bonds is 1. The molecule has 3 saturated carbocycles. The highest BCUT2D eigenvalue weighted by Crippen LogP contribution is 2.66. The quantitative estimate of drug-likeness (QED) is 0.588. The molecule has 0 unspecified atom stereocenters. The number of thiocarbonyl (C=S) groups is 1. The Morgan fingerprint density at radius 1 is 1.09 bits per heavy atom. The van der Waals surface area contributed by atoms with E-state index in [1.807, 2.05) is 6.08 Å². The van der Waals surface area contributed by atoms with Crippen molar-refractivity contribution in [3.05, 3.63) is 11.6 Å². The molecule has 23 heavy (non-hydrogen) atoms. The van der Waals surface area contributed by atoms with Crippen molar-refractivity contribution < 1.29 is 4.79 Å². The van der Waals surface area contributed by atoms with E-state index in [-0.39, 0.29) is 0 Å². The summed E-state index contributed by atoms with van der Waals surface area (Å²) in [6.45, 7) is 7.19. The van der Waals surface area contributed by atoms with E-state index in [9.17, 15) is 4.79 Å². The van der Waals surface area contributed by atoms with Crippen molar-refractivity contribution in [2.75, 3.05) is 0 Å². The maximum absolute atomic E-state index is 11.9. The van der Waals surface area contributed by atoms with Crippen LogP contribution in [0.1, 0.15) is 72.1 Å². The number of carbonyl (C=O) groups is 1. The van der Waals surface area contributed by atoms with E-state index in [4.69, 9.17) is 12.2 Å². The third-order valence-electron chi connectivity index (χ3n) is 8.45. The van der Waals surface area contributed by atoms with Crippen LogP contribution in [0.3, 0.4) is 0 Å². The number of carbonyl (C=O) groups excluding carboxylic acids is 1. The van der Waals surface area contributed by atoms with Crippen molar-refractivity contribution in [3.63, 3.8) is 0 Å². The number of allylic oxidation sites excluding steroid dienone is 1. The van der Waals surface area contributed by atoms with Crippen molar-refractivity contribution in [2.45, 2.75) is 72.1 Å². The molecule has 0 spiro atoms. The van der Waals surface area contributed by atoms with Gasteiger partial charge in [-0.3, -0.25) is 4.79 Å². The second kappa shape index (κ2) is 5.25. The summed E-state index contributed by atoms with van der Waals surface area (Å²) >= 11 is 5.62. The zero-order valence-corrected chi connectivity index (χ0v) is 15.7. The Morgan fingerprint density at radius 3 is 2.61 bits per heavy atom. The molecule has 4 rings (SSSR count). The second-order valence-corrected chi connectivity index (χ2v) is 9.90. The fraction of sp³-hybridized carbons (Fsp3) is 0.810. The summed E-state index contributed by atoms with van der Waals surface area (Å²) < 4.78 is 0. The van der Waals surface area contributed by atoms with Gasteiger partial charge in [-0.05, 0) is 97.3 Å². The highest BCUT2D eigenvalue weighted by molar-refractivity contribution is 7.80. The number of ketones is 1. The minimum Gasteiger partial charge on any atom is -0.295 e. The van der Waals surface area contributed by atoms with Crippen molar-refractivity contribution in [3.8, 4) is 0 Å². The molecule has 2 heteroatoms. The Balaban J connectivity index is 1.67. The molecule has 0 bridgehead atoms. The molecule has 126 valence electrons. The maximum Gasteiger partial charge on any atom is 0.155 e. The van der Waals surface area contributed by atoms with E-state index in [0.717, 1.165) is 37.0 Å². The van der Waals surface area contributed by atoms with Gasteiger partial charge in [0, 0.05) is 6.42 Å². The Labute approximate surface area is 146 Å². The van der Waals surface area contributed by atoms with Crippen molar-refractivity contribution in [2.24, 2.45) is 34.5 Å². The van der Waals surface area contributed by atoms with Crippen LogP contribution in [0.15, 0.2) is 11.6 Å². The summed E-state index contributed by atoms with van der Waals surface area (Å²) in [6.07, 6.45) is 11.7. The molecule has 0 saturated heterocycles. The molecule has 0 aliphatic heterocycles. The van der Waals surface area contributed by atoms with Gasteiger partial charge in [0.2, 0.25) is 0 Å². The van der Waals surface area contributed by atoms with Crippen LogP contribution < -0.4 is 0 Å². The lowest BCUT2D eigenvalue weighted by molar-refractivity contribution is -0.117. The Morgan fingerprint density at radius 2 is 1.87 bits per heavy atom. The first-order valence-corrected chi connectivity index (χ1v) is 10.0. The first-order chi connectivity index (χ1) is 10.9. The van der Waals surface area contributed by atoms with Crippen LogP contribution in [0, 0.1) is 34.5 Å². The fourth-order valence-corrected chi connectivity index (χ4v) is 7.61. The molecule has 0 aromatic carbocycles. The summed E-state index contributed by atoms with van der Waals surface area (Å²) in [5.74, 6) is 3.57. The van der Waals surface area contributed by atoms with Gasteiger partial charge in [0.05, 0.1) is 0 Å². The molecule has 0 heterocycles. The van der Waals surface area contributed by atoms with E-state index in [0.29, 0.717) is 22.5 Å². The monoisotopic (exact) mass is 330 g/mol. The van der Waals surface area contributed by atoms with Crippen LogP contribution in [0.2, 0.25) is 0 Å². The minimum atomic E-state index is 0.308. The predicted octanol–water partition coefficient (Wildman–Crippen LogP) is 5.52. The molecule has 0 N–H and O–H groups in total. The van der Waals surface area contributed by atoms with Gasteiger partial charge in [0.1, 0.15) is 0 Å². The predicted molar refractivity (Wildman–Crippen MR) is 98.5 cm³/mol. The van der Waals surface area contributed by atoms with Crippen LogP contribution in [0.4, 0.5) is 0 Å². The summed E-state index contributed by atoms with van der Waals surface area (Å²) in [4.78, 5) is 13.1. The normalized spacial score (nSPS) is 49.0. The number of hydrogen-bond donors (Lipinski definition) is 0.